The van der Waals surface area contributed by atoms with Gasteiger partial charge in [-0.15, -0.1) is 0 Å². The van der Waals surface area contributed by atoms with Crippen LogP contribution in [0, 0.1) is 11.8 Å². The summed E-state index contributed by atoms with van der Waals surface area (Å²) in [5, 5.41) is 18.4. The number of carbonyl (C=O) groups excluding carboxylic acids is 4. The number of aliphatic carboxylic acids is 1. The molecule has 2 fully saturated rings. The van der Waals surface area contributed by atoms with Crippen molar-refractivity contribution in [1.29, 1.82) is 0 Å². The molecule has 0 radical (unpaired) electrons. The van der Waals surface area contributed by atoms with Gasteiger partial charge in [0.15, 0.2) is 0 Å². The predicted molar refractivity (Wildman–Crippen MR) is 156 cm³/mol. The zero-order valence-corrected chi connectivity index (χ0v) is 27.8. The summed E-state index contributed by atoms with van der Waals surface area (Å²) in [7, 11) is 0. The lowest BCUT2D eigenvalue weighted by atomic mass is 10.1. The highest BCUT2D eigenvalue weighted by atomic mass is 16.6. The molecule has 0 aliphatic carbocycles. The largest absolute Gasteiger partial charge is 0.481 e. The van der Waals surface area contributed by atoms with Crippen LogP contribution in [0.5, 0.6) is 0 Å². The van der Waals surface area contributed by atoms with Crippen LogP contribution in [0.25, 0.3) is 0 Å². The van der Waals surface area contributed by atoms with Crippen molar-refractivity contribution in [2.45, 2.75) is 130 Å². The molecular formula is C30H52N2O11. The Morgan fingerprint density at radius 3 is 1.28 bits per heavy atom. The van der Waals surface area contributed by atoms with E-state index in [1.54, 1.807) is 83.1 Å². The second kappa shape index (κ2) is 14.1. The lowest BCUT2D eigenvalue weighted by Crippen LogP contribution is -2.45. The van der Waals surface area contributed by atoms with Crippen molar-refractivity contribution < 1.29 is 53.1 Å². The molecule has 2 amide bonds. The number of esters is 2. The number of rotatable bonds is 4. The molecule has 2 N–H and O–H groups in total. The molecule has 2 aliphatic rings. The highest BCUT2D eigenvalue weighted by Gasteiger charge is 2.46. The first-order chi connectivity index (χ1) is 19.2. The van der Waals surface area contributed by atoms with Crippen LogP contribution >= 0.6 is 0 Å². The average Bonchev–Trinajstić information content (AvgIpc) is 3.40. The Kier molecular flexibility index (Phi) is 12.5. The van der Waals surface area contributed by atoms with E-state index in [0.29, 0.717) is 13.0 Å². The molecule has 2 rings (SSSR count). The van der Waals surface area contributed by atoms with Gasteiger partial charge < -0.3 is 29.2 Å². The van der Waals surface area contributed by atoms with Gasteiger partial charge in [0, 0.05) is 25.6 Å². The van der Waals surface area contributed by atoms with Crippen molar-refractivity contribution in [2.75, 3.05) is 19.7 Å². The summed E-state index contributed by atoms with van der Waals surface area (Å²) < 4.78 is 21.2. The third-order valence-corrected chi connectivity index (χ3v) is 5.91. The lowest BCUT2D eigenvalue weighted by molar-refractivity contribution is -0.161. The van der Waals surface area contributed by atoms with Gasteiger partial charge in [-0.1, -0.05) is 0 Å². The number of nitrogens with zero attached hydrogens (tertiary/aromatic N) is 2. The van der Waals surface area contributed by atoms with Crippen LogP contribution in [-0.2, 0) is 33.3 Å². The number of likely N-dealkylation sites (tertiary alicyclic amines) is 2. The van der Waals surface area contributed by atoms with Crippen LogP contribution in [0.2, 0.25) is 0 Å². The van der Waals surface area contributed by atoms with E-state index in [9.17, 15) is 29.1 Å². The molecule has 0 aromatic rings. The molecule has 4 atom stereocenters. The minimum atomic E-state index is -1.04. The zero-order valence-electron chi connectivity index (χ0n) is 27.8. The van der Waals surface area contributed by atoms with Crippen molar-refractivity contribution in [1.82, 2.24) is 9.80 Å². The number of hydrogen-bond acceptors (Lipinski definition) is 10. The van der Waals surface area contributed by atoms with E-state index >= 15 is 0 Å². The van der Waals surface area contributed by atoms with Crippen LogP contribution in [0.3, 0.4) is 0 Å². The number of aliphatic hydroxyl groups is 1. The van der Waals surface area contributed by atoms with Gasteiger partial charge in [-0.2, -0.15) is 0 Å². The van der Waals surface area contributed by atoms with Gasteiger partial charge >= 0.3 is 30.1 Å². The molecule has 13 nitrogen and oxygen atoms in total. The molecule has 0 aromatic heterocycles. The Labute approximate surface area is 255 Å². The number of carboxylic acid groups (broad SMARTS) is 1. The second-order valence-electron chi connectivity index (χ2n) is 14.9. The topological polar surface area (TPSA) is 169 Å². The predicted octanol–water partition coefficient (Wildman–Crippen LogP) is 3.98. The maximum absolute atomic E-state index is 12.2. The highest BCUT2D eigenvalue weighted by Crippen LogP contribution is 2.29. The molecule has 248 valence electrons. The molecule has 0 unspecified atom stereocenters. The van der Waals surface area contributed by atoms with Gasteiger partial charge in [-0.3, -0.25) is 14.6 Å². The summed E-state index contributed by atoms with van der Waals surface area (Å²) in [6, 6.07) is -1.63. The van der Waals surface area contributed by atoms with Gasteiger partial charge in [0.2, 0.25) is 0 Å². The van der Waals surface area contributed by atoms with Gasteiger partial charge in [0.05, 0.1) is 5.92 Å². The number of aliphatic hydroxyl groups excluding tert-OH is 1. The number of hydrogen-bond donors (Lipinski definition) is 2. The van der Waals surface area contributed by atoms with Crippen LogP contribution in [-0.4, -0.2) is 104 Å². The normalized spacial score (nSPS) is 22.7. The minimum absolute atomic E-state index is 0.0312. The minimum Gasteiger partial charge on any atom is -0.481 e. The number of amides is 2. The Morgan fingerprint density at radius 2 is 0.953 bits per heavy atom. The van der Waals surface area contributed by atoms with E-state index < -0.39 is 70.5 Å². The van der Waals surface area contributed by atoms with E-state index in [2.05, 4.69) is 0 Å². The summed E-state index contributed by atoms with van der Waals surface area (Å²) >= 11 is 0. The summed E-state index contributed by atoms with van der Waals surface area (Å²) in [6.07, 6.45) is -0.824. The first-order valence-electron chi connectivity index (χ1n) is 14.5. The smallest absolute Gasteiger partial charge is 0.411 e. The molecule has 2 heterocycles. The highest BCUT2D eigenvalue weighted by molar-refractivity contribution is 5.85. The van der Waals surface area contributed by atoms with Gasteiger partial charge in [0.25, 0.3) is 0 Å². The quantitative estimate of drug-likeness (QED) is 0.346. The molecule has 2 aliphatic heterocycles. The second-order valence-corrected chi connectivity index (χ2v) is 14.9. The summed E-state index contributed by atoms with van der Waals surface area (Å²) in [4.78, 5) is 62.6. The molecule has 0 aromatic carbocycles. The van der Waals surface area contributed by atoms with Crippen LogP contribution in [0.4, 0.5) is 9.59 Å². The van der Waals surface area contributed by atoms with E-state index in [1.165, 1.54) is 4.90 Å². The standard InChI is InChI=1S/C15H25NO6.C15H27NO5/c1-14(2,3)21-12(19)10-7-9(11(17)18)8-16(10)13(20)22-15(4,5)6;1-14(2,3)20-12(18)11-7-10(9-17)8-16(11)13(19)21-15(4,5)6/h9-10H,7-8H2,1-6H3,(H,17,18);10-11,17H,7-9H2,1-6H3/t9-,10-;10-,11-/m00/s1. The summed E-state index contributed by atoms with van der Waals surface area (Å²) in [5.74, 6) is -3.04. The zero-order chi connectivity index (χ0) is 33.7. The number of carbonyl (C=O) groups is 5. The Hall–Kier alpha value is -3.09. The van der Waals surface area contributed by atoms with Crippen molar-refractivity contribution in [3.05, 3.63) is 0 Å². The lowest BCUT2D eigenvalue weighted by Gasteiger charge is -2.29. The molecule has 2 saturated heterocycles. The molecular weight excluding hydrogens is 564 g/mol. The van der Waals surface area contributed by atoms with Crippen molar-refractivity contribution >= 4 is 30.1 Å². The van der Waals surface area contributed by atoms with Crippen molar-refractivity contribution in [3.8, 4) is 0 Å². The Morgan fingerprint density at radius 1 is 0.605 bits per heavy atom. The fourth-order valence-corrected chi connectivity index (χ4v) is 4.30. The maximum Gasteiger partial charge on any atom is 0.411 e. The van der Waals surface area contributed by atoms with E-state index in [1.807, 2.05) is 0 Å². The molecule has 43 heavy (non-hydrogen) atoms. The summed E-state index contributed by atoms with van der Waals surface area (Å²) in [6.45, 7) is 21.1. The third-order valence-electron chi connectivity index (χ3n) is 5.91. The van der Waals surface area contributed by atoms with E-state index in [-0.39, 0.29) is 25.5 Å². The van der Waals surface area contributed by atoms with Gasteiger partial charge in [-0.05, 0) is 95.9 Å². The average molecular weight is 617 g/mol. The molecule has 0 bridgehead atoms. The number of ether oxygens (including phenoxy) is 4. The molecule has 13 heteroatoms. The monoisotopic (exact) mass is 616 g/mol. The molecule has 0 spiro atoms. The van der Waals surface area contributed by atoms with Crippen LogP contribution in [0.1, 0.15) is 95.9 Å². The Bertz CT molecular complexity index is 943. The van der Waals surface area contributed by atoms with Crippen molar-refractivity contribution in [3.63, 3.8) is 0 Å². The van der Waals surface area contributed by atoms with Gasteiger partial charge in [-0.25, -0.2) is 19.2 Å². The fraction of sp³-hybridized carbons (Fsp3) is 0.833. The van der Waals surface area contributed by atoms with Gasteiger partial charge in [0.1, 0.15) is 34.5 Å². The van der Waals surface area contributed by atoms with E-state index in [0.717, 1.165) is 4.90 Å². The Balaban J connectivity index is 0.000000430. The van der Waals surface area contributed by atoms with E-state index in [4.69, 9.17) is 24.1 Å². The fourth-order valence-electron chi connectivity index (χ4n) is 4.30. The maximum atomic E-state index is 12.2. The third kappa shape index (κ3) is 13.4. The van der Waals surface area contributed by atoms with Crippen LogP contribution in [0.15, 0.2) is 0 Å². The SMILES string of the molecule is CC(C)(C)OC(=O)[C@@H]1C[C@H](C(=O)O)CN1C(=O)OC(C)(C)C.CC(C)(C)OC(=O)[C@@H]1C[C@H](CO)CN1C(=O)OC(C)(C)C. The van der Waals surface area contributed by atoms with Crippen molar-refractivity contribution in [2.24, 2.45) is 11.8 Å². The first-order valence-corrected chi connectivity index (χ1v) is 14.5. The number of carboxylic acids is 1. The van der Waals surface area contributed by atoms with Crippen LogP contribution < -0.4 is 0 Å². The first kappa shape index (κ1) is 37.9. The summed E-state index contributed by atoms with van der Waals surface area (Å²) in [5.41, 5.74) is -2.68. The molecule has 0 saturated carbocycles.